The number of halogens is 1. The molecule has 1 atom stereocenters. The topological polar surface area (TPSA) is 17.1 Å². The van der Waals surface area contributed by atoms with Crippen LogP contribution in [-0.2, 0) is 6.42 Å². The monoisotopic (exact) mass is 236 g/mol. The second kappa shape index (κ2) is 5.01. The van der Waals surface area contributed by atoms with Crippen LogP contribution >= 0.6 is 11.6 Å². The molecule has 2 rings (SSSR count). The van der Waals surface area contributed by atoms with E-state index in [2.05, 4.69) is 6.92 Å². The lowest BCUT2D eigenvalue weighted by Gasteiger charge is -2.23. The lowest BCUT2D eigenvalue weighted by atomic mass is 9.80. The van der Waals surface area contributed by atoms with Crippen molar-refractivity contribution in [3.8, 4) is 0 Å². The molecule has 1 nitrogen and oxygen atoms in total. The highest BCUT2D eigenvalue weighted by molar-refractivity contribution is 6.34. The summed E-state index contributed by atoms with van der Waals surface area (Å²) in [6.07, 6.45) is 5.29. The average molecular weight is 237 g/mol. The van der Waals surface area contributed by atoms with Crippen LogP contribution in [0.3, 0.4) is 0 Å². The molecule has 1 unspecified atom stereocenters. The number of Topliss-reactive ketones (excluding diaryl/α,β-unsaturated/α-hetero) is 1. The van der Waals surface area contributed by atoms with Gasteiger partial charge in [0.2, 0.25) is 0 Å². The third kappa shape index (κ3) is 2.15. The molecule has 0 fully saturated rings. The number of benzene rings is 1. The number of rotatable bonds is 3. The summed E-state index contributed by atoms with van der Waals surface area (Å²) in [6.45, 7) is 2.16. The molecule has 16 heavy (non-hydrogen) atoms. The zero-order valence-corrected chi connectivity index (χ0v) is 10.4. The van der Waals surface area contributed by atoms with E-state index in [1.165, 1.54) is 0 Å². The fraction of sp³-hybridized carbons (Fsp3) is 0.500. The Morgan fingerprint density at radius 2 is 2.25 bits per heavy atom. The van der Waals surface area contributed by atoms with Crippen LogP contribution in [0.2, 0.25) is 5.02 Å². The third-order valence-electron chi connectivity index (χ3n) is 3.39. The summed E-state index contributed by atoms with van der Waals surface area (Å²) in [5.74, 6) is 0.465. The summed E-state index contributed by atoms with van der Waals surface area (Å²) in [6, 6.07) is 5.77. The molecular formula is C14H17ClO. The van der Waals surface area contributed by atoms with Crippen LogP contribution in [0.25, 0.3) is 0 Å². The van der Waals surface area contributed by atoms with Crippen molar-refractivity contribution in [1.29, 1.82) is 0 Å². The molecule has 0 bridgehead atoms. The van der Waals surface area contributed by atoms with E-state index in [1.807, 2.05) is 18.2 Å². The molecule has 0 N–H and O–H groups in total. The Morgan fingerprint density at radius 3 is 3.00 bits per heavy atom. The molecule has 0 saturated carbocycles. The van der Waals surface area contributed by atoms with Crippen LogP contribution in [0, 0.1) is 5.92 Å². The van der Waals surface area contributed by atoms with Crippen molar-refractivity contribution in [3.63, 3.8) is 0 Å². The number of hydrogen-bond acceptors (Lipinski definition) is 1. The molecule has 0 aliphatic heterocycles. The lowest BCUT2D eigenvalue weighted by Crippen LogP contribution is -2.23. The quantitative estimate of drug-likeness (QED) is 0.766. The third-order valence-corrected chi connectivity index (χ3v) is 3.70. The number of unbranched alkanes of at least 4 members (excludes halogenated alkanes) is 1. The number of aryl methyl sites for hydroxylation is 1. The fourth-order valence-corrected chi connectivity index (χ4v) is 2.73. The average Bonchev–Trinajstić information content (AvgIpc) is 2.28. The zero-order chi connectivity index (χ0) is 11.5. The summed E-state index contributed by atoms with van der Waals surface area (Å²) in [5, 5.41) is 0.628. The Bertz CT molecular complexity index is 398. The van der Waals surface area contributed by atoms with Crippen molar-refractivity contribution in [1.82, 2.24) is 0 Å². The Kier molecular flexibility index (Phi) is 3.65. The number of carbonyl (C=O) groups excluding carboxylic acids is 1. The Hall–Kier alpha value is -0.820. The molecule has 86 valence electrons. The predicted molar refractivity (Wildman–Crippen MR) is 67.1 cm³/mol. The fourth-order valence-electron chi connectivity index (χ4n) is 2.44. The summed E-state index contributed by atoms with van der Waals surface area (Å²) < 4.78 is 0. The van der Waals surface area contributed by atoms with Gasteiger partial charge in [-0.3, -0.25) is 4.79 Å². The van der Waals surface area contributed by atoms with E-state index in [4.69, 9.17) is 11.6 Å². The van der Waals surface area contributed by atoms with Gasteiger partial charge in [0, 0.05) is 11.5 Å². The maximum atomic E-state index is 12.3. The second-order valence-electron chi connectivity index (χ2n) is 4.52. The van der Waals surface area contributed by atoms with Gasteiger partial charge in [0.25, 0.3) is 0 Å². The van der Waals surface area contributed by atoms with Crippen molar-refractivity contribution < 1.29 is 4.79 Å². The Morgan fingerprint density at radius 1 is 1.44 bits per heavy atom. The minimum absolute atomic E-state index is 0.201. The van der Waals surface area contributed by atoms with Crippen LogP contribution in [0.15, 0.2) is 18.2 Å². The molecule has 0 radical (unpaired) electrons. The van der Waals surface area contributed by atoms with Crippen LogP contribution in [0.5, 0.6) is 0 Å². The second-order valence-corrected chi connectivity index (χ2v) is 4.92. The molecule has 1 aromatic carbocycles. The molecule has 1 aliphatic rings. The molecule has 1 aliphatic carbocycles. The van der Waals surface area contributed by atoms with Gasteiger partial charge in [-0.15, -0.1) is 0 Å². The Labute approximate surface area is 102 Å². The van der Waals surface area contributed by atoms with Gasteiger partial charge in [-0.05, 0) is 30.9 Å². The lowest BCUT2D eigenvalue weighted by molar-refractivity contribution is 0.0893. The van der Waals surface area contributed by atoms with Crippen LogP contribution < -0.4 is 0 Å². The minimum Gasteiger partial charge on any atom is -0.294 e. The van der Waals surface area contributed by atoms with Crippen molar-refractivity contribution in [2.45, 2.75) is 39.0 Å². The van der Waals surface area contributed by atoms with Crippen LogP contribution in [0.4, 0.5) is 0 Å². The predicted octanol–water partition coefficient (Wildman–Crippen LogP) is 4.28. The molecule has 0 aromatic heterocycles. The standard InChI is InChI=1S/C14H17ClO/c1-2-3-5-11-9-8-10-6-4-7-12(15)13(10)14(11)16/h4,6-7,11H,2-3,5,8-9H2,1H3. The van der Waals surface area contributed by atoms with Crippen molar-refractivity contribution in [2.24, 2.45) is 5.92 Å². The maximum Gasteiger partial charge on any atom is 0.167 e. The number of fused-ring (bicyclic) bond motifs is 1. The molecule has 0 spiro atoms. The van der Waals surface area contributed by atoms with E-state index in [9.17, 15) is 4.79 Å². The van der Waals surface area contributed by atoms with Gasteiger partial charge in [0.05, 0.1) is 5.02 Å². The molecule has 1 aromatic rings. The largest absolute Gasteiger partial charge is 0.294 e. The highest BCUT2D eigenvalue weighted by atomic mass is 35.5. The maximum absolute atomic E-state index is 12.3. The van der Waals surface area contributed by atoms with E-state index in [0.717, 1.165) is 43.2 Å². The van der Waals surface area contributed by atoms with Gasteiger partial charge in [0.1, 0.15) is 0 Å². The molecular weight excluding hydrogens is 220 g/mol. The first-order valence-electron chi connectivity index (χ1n) is 6.05. The van der Waals surface area contributed by atoms with E-state index in [0.29, 0.717) is 5.02 Å². The van der Waals surface area contributed by atoms with E-state index in [-0.39, 0.29) is 11.7 Å². The van der Waals surface area contributed by atoms with E-state index >= 15 is 0 Å². The minimum atomic E-state index is 0.201. The summed E-state index contributed by atoms with van der Waals surface area (Å²) in [5.41, 5.74) is 1.92. The molecule has 0 heterocycles. The van der Waals surface area contributed by atoms with Crippen molar-refractivity contribution >= 4 is 17.4 Å². The van der Waals surface area contributed by atoms with Gasteiger partial charge in [-0.25, -0.2) is 0 Å². The number of ketones is 1. The number of hydrogen-bond donors (Lipinski definition) is 0. The molecule has 2 heteroatoms. The van der Waals surface area contributed by atoms with Gasteiger partial charge in [-0.1, -0.05) is 43.5 Å². The molecule has 0 amide bonds. The number of carbonyl (C=O) groups is 1. The summed E-state index contributed by atoms with van der Waals surface area (Å²) in [4.78, 5) is 12.3. The van der Waals surface area contributed by atoms with Crippen molar-refractivity contribution in [2.75, 3.05) is 0 Å². The van der Waals surface area contributed by atoms with Crippen molar-refractivity contribution in [3.05, 3.63) is 34.3 Å². The van der Waals surface area contributed by atoms with E-state index < -0.39 is 0 Å². The highest BCUT2D eigenvalue weighted by Gasteiger charge is 2.28. The first-order valence-corrected chi connectivity index (χ1v) is 6.43. The normalized spacial score (nSPS) is 19.6. The van der Waals surface area contributed by atoms with Crippen LogP contribution in [-0.4, -0.2) is 5.78 Å². The van der Waals surface area contributed by atoms with Gasteiger partial charge < -0.3 is 0 Å². The first kappa shape index (κ1) is 11.7. The van der Waals surface area contributed by atoms with Gasteiger partial charge in [-0.2, -0.15) is 0 Å². The SMILES string of the molecule is CCCCC1CCc2cccc(Cl)c2C1=O. The zero-order valence-electron chi connectivity index (χ0n) is 9.63. The molecule has 0 saturated heterocycles. The highest BCUT2D eigenvalue weighted by Crippen LogP contribution is 2.32. The van der Waals surface area contributed by atoms with Gasteiger partial charge >= 0.3 is 0 Å². The smallest absolute Gasteiger partial charge is 0.167 e. The summed E-state index contributed by atoms with van der Waals surface area (Å²) in [7, 11) is 0. The van der Waals surface area contributed by atoms with Crippen LogP contribution in [0.1, 0.15) is 48.5 Å². The summed E-state index contributed by atoms with van der Waals surface area (Å²) >= 11 is 6.12. The van der Waals surface area contributed by atoms with Gasteiger partial charge in [0.15, 0.2) is 5.78 Å². The first-order chi connectivity index (χ1) is 7.74. The van der Waals surface area contributed by atoms with E-state index in [1.54, 1.807) is 0 Å². The Balaban J connectivity index is 2.24.